The van der Waals surface area contributed by atoms with Crippen LogP contribution in [0.4, 0.5) is 4.79 Å². The predicted octanol–water partition coefficient (Wildman–Crippen LogP) is 3.09. The van der Waals surface area contributed by atoms with E-state index in [0.29, 0.717) is 19.5 Å². The van der Waals surface area contributed by atoms with E-state index >= 15 is 0 Å². The monoisotopic (exact) mass is 422 g/mol. The zero-order valence-electron chi connectivity index (χ0n) is 17.4. The summed E-state index contributed by atoms with van der Waals surface area (Å²) in [4.78, 5) is 36.9. The molecule has 2 aromatic carbocycles. The Balaban J connectivity index is 1.28. The molecule has 1 saturated carbocycles. The Morgan fingerprint density at radius 2 is 1.68 bits per heavy atom. The smallest absolute Gasteiger partial charge is 0.407 e. The first-order chi connectivity index (χ1) is 15.0. The molecule has 7 heteroatoms. The van der Waals surface area contributed by atoms with Gasteiger partial charge in [0.05, 0.1) is 0 Å². The predicted molar refractivity (Wildman–Crippen MR) is 115 cm³/mol. The number of fused-ring (bicyclic) bond motifs is 3. The number of carbonyl (C=O) groups is 3. The molecule has 2 N–H and O–H groups in total. The topological polar surface area (TPSA) is 95.9 Å². The van der Waals surface area contributed by atoms with E-state index < -0.39 is 12.1 Å². The summed E-state index contributed by atoms with van der Waals surface area (Å²) in [5, 5.41) is 11.7. The standard InChI is InChI=1S/C24H26N2O5/c1-2-26(13-22(27)28)23(29)20-11-15(20)12-25-24(30)31-14-21-18-9-5-3-7-16(18)17-8-4-6-10-19(17)21/h3-10,15,20-21H,2,11-14H2,1H3,(H,25,30)(H,27,28)/t15-,20-/m0/s1. The summed E-state index contributed by atoms with van der Waals surface area (Å²) in [7, 11) is 0. The number of aliphatic carboxylic acids is 1. The number of amides is 2. The number of nitrogens with zero attached hydrogens (tertiary/aromatic N) is 1. The van der Waals surface area contributed by atoms with Gasteiger partial charge in [-0.3, -0.25) is 9.59 Å². The highest BCUT2D eigenvalue weighted by Crippen LogP contribution is 2.44. The Hall–Kier alpha value is -3.35. The third-order valence-electron chi connectivity index (χ3n) is 6.11. The van der Waals surface area contributed by atoms with Gasteiger partial charge in [0.25, 0.3) is 0 Å². The molecule has 1 fully saturated rings. The highest BCUT2D eigenvalue weighted by molar-refractivity contribution is 5.85. The molecule has 2 amide bonds. The van der Waals surface area contributed by atoms with Gasteiger partial charge in [-0.1, -0.05) is 48.5 Å². The summed E-state index contributed by atoms with van der Waals surface area (Å²) in [6.07, 6.45) is 0.149. The molecule has 2 atom stereocenters. The van der Waals surface area contributed by atoms with Crippen molar-refractivity contribution in [3.8, 4) is 11.1 Å². The molecule has 0 unspecified atom stereocenters. The molecule has 4 rings (SSSR count). The van der Waals surface area contributed by atoms with E-state index in [1.54, 1.807) is 6.92 Å². The van der Waals surface area contributed by atoms with Crippen LogP contribution < -0.4 is 5.32 Å². The molecule has 0 aromatic heterocycles. The normalized spacial score (nSPS) is 18.6. The second kappa shape index (κ2) is 8.79. The van der Waals surface area contributed by atoms with Crippen LogP contribution in [0.25, 0.3) is 11.1 Å². The van der Waals surface area contributed by atoms with Gasteiger partial charge < -0.3 is 20.1 Å². The first-order valence-corrected chi connectivity index (χ1v) is 10.6. The van der Waals surface area contributed by atoms with Crippen molar-refractivity contribution in [1.29, 1.82) is 0 Å². The minimum atomic E-state index is -1.02. The van der Waals surface area contributed by atoms with Crippen LogP contribution in [0.1, 0.15) is 30.4 Å². The number of likely N-dealkylation sites (N-methyl/N-ethyl adjacent to an activating group) is 1. The van der Waals surface area contributed by atoms with E-state index in [0.717, 1.165) is 11.1 Å². The molecule has 0 spiro atoms. The average molecular weight is 422 g/mol. The first kappa shape index (κ1) is 20.9. The summed E-state index contributed by atoms with van der Waals surface area (Å²) in [6, 6.07) is 16.3. The summed E-state index contributed by atoms with van der Waals surface area (Å²) >= 11 is 0. The van der Waals surface area contributed by atoms with Crippen LogP contribution >= 0.6 is 0 Å². The van der Waals surface area contributed by atoms with Gasteiger partial charge in [0.2, 0.25) is 5.91 Å². The van der Waals surface area contributed by atoms with E-state index in [4.69, 9.17) is 9.84 Å². The lowest BCUT2D eigenvalue weighted by atomic mass is 9.98. The van der Waals surface area contributed by atoms with Crippen molar-refractivity contribution in [3.05, 3.63) is 59.7 Å². The van der Waals surface area contributed by atoms with Crippen LogP contribution in [0.5, 0.6) is 0 Å². The molecule has 0 bridgehead atoms. The lowest BCUT2D eigenvalue weighted by molar-refractivity contribution is -0.145. The number of carbonyl (C=O) groups excluding carboxylic acids is 2. The Morgan fingerprint density at radius 1 is 1.06 bits per heavy atom. The Kier molecular flexibility index (Phi) is 5.93. The number of carboxylic acids is 1. The van der Waals surface area contributed by atoms with E-state index in [1.807, 2.05) is 24.3 Å². The van der Waals surface area contributed by atoms with Crippen molar-refractivity contribution in [3.63, 3.8) is 0 Å². The Labute approximate surface area is 181 Å². The van der Waals surface area contributed by atoms with Gasteiger partial charge in [-0.15, -0.1) is 0 Å². The molecule has 0 saturated heterocycles. The van der Waals surface area contributed by atoms with Crippen molar-refractivity contribution < 1.29 is 24.2 Å². The van der Waals surface area contributed by atoms with Crippen molar-refractivity contribution in [2.75, 3.05) is 26.2 Å². The van der Waals surface area contributed by atoms with Crippen LogP contribution in [0.3, 0.4) is 0 Å². The maximum Gasteiger partial charge on any atom is 0.407 e. The van der Waals surface area contributed by atoms with Gasteiger partial charge >= 0.3 is 12.1 Å². The van der Waals surface area contributed by atoms with Gasteiger partial charge in [-0.05, 0) is 41.5 Å². The second-order valence-electron chi connectivity index (χ2n) is 8.05. The van der Waals surface area contributed by atoms with Gasteiger partial charge in [-0.25, -0.2) is 4.79 Å². The molecule has 31 heavy (non-hydrogen) atoms. The molecule has 2 aliphatic carbocycles. The number of hydrogen-bond donors (Lipinski definition) is 2. The molecule has 0 radical (unpaired) electrons. The van der Waals surface area contributed by atoms with Crippen molar-refractivity contribution in [2.24, 2.45) is 11.8 Å². The van der Waals surface area contributed by atoms with Crippen LogP contribution in [0, 0.1) is 11.8 Å². The second-order valence-corrected chi connectivity index (χ2v) is 8.05. The number of benzene rings is 2. The molecule has 2 aliphatic rings. The number of rotatable bonds is 8. The first-order valence-electron chi connectivity index (χ1n) is 10.6. The number of nitrogens with one attached hydrogen (secondary N) is 1. The minimum absolute atomic E-state index is 0.00234. The molecule has 162 valence electrons. The lowest BCUT2D eigenvalue weighted by Crippen LogP contribution is -2.37. The zero-order chi connectivity index (χ0) is 22.0. The van der Waals surface area contributed by atoms with Gasteiger partial charge in [0, 0.05) is 24.9 Å². The minimum Gasteiger partial charge on any atom is -0.480 e. The van der Waals surface area contributed by atoms with Crippen LogP contribution in [0.15, 0.2) is 48.5 Å². The molecule has 0 heterocycles. The van der Waals surface area contributed by atoms with Gasteiger partial charge in [0.1, 0.15) is 13.2 Å². The van der Waals surface area contributed by atoms with E-state index in [2.05, 4.69) is 29.6 Å². The molecule has 7 nitrogen and oxygen atoms in total. The molecular weight excluding hydrogens is 396 g/mol. The number of ether oxygens (including phenoxy) is 1. The number of alkyl carbamates (subject to hydrolysis) is 1. The molecular formula is C24H26N2O5. The largest absolute Gasteiger partial charge is 0.480 e. The number of carboxylic acid groups (broad SMARTS) is 1. The van der Waals surface area contributed by atoms with Crippen LogP contribution in [0.2, 0.25) is 0 Å². The quantitative estimate of drug-likeness (QED) is 0.682. The third kappa shape index (κ3) is 4.40. The maximum absolute atomic E-state index is 12.4. The summed E-state index contributed by atoms with van der Waals surface area (Å²) < 4.78 is 5.51. The zero-order valence-corrected chi connectivity index (χ0v) is 17.4. The fraction of sp³-hybridized carbons (Fsp3) is 0.375. The summed E-state index contributed by atoms with van der Waals surface area (Å²) in [5.74, 6) is -1.39. The van der Waals surface area contributed by atoms with Crippen molar-refractivity contribution >= 4 is 18.0 Å². The van der Waals surface area contributed by atoms with Crippen LogP contribution in [-0.2, 0) is 14.3 Å². The fourth-order valence-electron chi connectivity index (χ4n) is 4.38. The summed E-state index contributed by atoms with van der Waals surface area (Å²) in [5.41, 5.74) is 4.66. The third-order valence-corrected chi connectivity index (χ3v) is 6.11. The highest BCUT2D eigenvalue weighted by Gasteiger charge is 2.45. The van der Waals surface area contributed by atoms with Crippen molar-refractivity contribution in [1.82, 2.24) is 10.2 Å². The summed E-state index contributed by atoms with van der Waals surface area (Å²) in [6.45, 7) is 2.41. The fourth-order valence-corrected chi connectivity index (χ4v) is 4.38. The Morgan fingerprint density at radius 3 is 2.26 bits per heavy atom. The molecule has 2 aromatic rings. The lowest BCUT2D eigenvalue weighted by Gasteiger charge is -2.18. The van der Waals surface area contributed by atoms with E-state index in [9.17, 15) is 14.4 Å². The van der Waals surface area contributed by atoms with E-state index in [-0.39, 0.29) is 36.8 Å². The Bertz CT molecular complexity index is 959. The highest BCUT2D eigenvalue weighted by atomic mass is 16.5. The molecule has 0 aliphatic heterocycles. The average Bonchev–Trinajstić information content (AvgIpc) is 3.49. The van der Waals surface area contributed by atoms with Crippen LogP contribution in [-0.4, -0.2) is 54.2 Å². The maximum atomic E-state index is 12.4. The van der Waals surface area contributed by atoms with E-state index in [1.165, 1.54) is 16.0 Å². The van der Waals surface area contributed by atoms with Gasteiger partial charge in [-0.2, -0.15) is 0 Å². The SMILES string of the molecule is CCN(CC(=O)O)C(=O)[C@H]1C[C@H]1CNC(=O)OCC1c2ccccc2-c2ccccc21. The van der Waals surface area contributed by atoms with Crippen molar-refractivity contribution in [2.45, 2.75) is 19.3 Å². The number of hydrogen-bond acceptors (Lipinski definition) is 4. The van der Waals surface area contributed by atoms with Gasteiger partial charge in [0.15, 0.2) is 0 Å².